The maximum atomic E-state index is 15.3. The summed E-state index contributed by atoms with van der Waals surface area (Å²) in [5, 5.41) is 0.652. The van der Waals surface area contributed by atoms with Gasteiger partial charge in [0.25, 0.3) is 5.91 Å². The van der Waals surface area contributed by atoms with E-state index in [4.69, 9.17) is 4.74 Å². The van der Waals surface area contributed by atoms with Crippen LogP contribution < -0.4 is 4.74 Å². The monoisotopic (exact) mass is 569 g/mol. The number of benzene rings is 4. The van der Waals surface area contributed by atoms with Crippen molar-refractivity contribution in [2.75, 3.05) is 0 Å². The summed E-state index contributed by atoms with van der Waals surface area (Å²) in [5.41, 5.74) is 4.84. The highest BCUT2D eigenvalue weighted by Crippen LogP contribution is 2.47. The van der Waals surface area contributed by atoms with Crippen molar-refractivity contribution >= 4 is 16.8 Å². The predicted molar refractivity (Wildman–Crippen MR) is 160 cm³/mol. The van der Waals surface area contributed by atoms with E-state index in [9.17, 15) is 9.18 Å². The van der Waals surface area contributed by atoms with E-state index in [2.05, 4.69) is 9.97 Å². The first-order chi connectivity index (χ1) is 21.1. The van der Waals surface area contributed by atoms with Gasteiger partial charge in [0, 0.05) is 42.0 Å². The average molecular weight is 570 g/mol. The topological polar surface area (TPSA) is 55.3 Å². The third kappa shape index (κ3) is 4.89. The molecule has 7 rings (SSSR count). The van der Waals surface area contributed by atoms with Gasteiger partial charge in [0.1, 0.15) is 17.4 Å². The zero-order valence-electron chi connectivity index (χ0n) is 23.0. The number of fused-ring (bicyclic) bond motifs is 2. The van der Waals surface area contributed by atoms with Crippen LogP contribution in [0.5, 0.6) is 5.75 Å². The molecule has 3 heterocycles. The Morgan fingerprint density at radius 2 is 1.40 bits per heavy atom. The summed E-state index contributed by atoms with van der Waals surface area (Å²) < 4.78 is 35.8. The van der Waals surface area contributed by atoms with Gasteiger partial charge in [-0.1, -0.05) is 78.9 Å². The standard InChI is InChI=1S/C36H25F2N3O2/c37-26-17-15-23(16-18-26)21-41-22-29-30(28-14-8-20-40-35(28)38)27-13-7-19-39-32(27)34(31(29)36(41)42)43-33(24-9-3-1-4-10-24)25-11-5-2-6-12-25/h1-20,33H,21-22H2. The molecule has 0 spiro atoms. The third-order valence-corrected chi connectivity index (χ3v) is 7.73. The molecule has 1 amide bonds. The Balaban J connectivity index is 1.45. The van der Waals surface area contributed by atoms with Gasteiger partial charge in [-0.2, -0.15) is 4.39 Å². The van der Waals surface area contributed by atoms with Gasteiger partial charge in [-0.25, -0.2) is 9.37 Å². The summed E-state index contributed by atoms with van der Waals surface area (Å²) in [6, 6.07) is 32.6. The van der Waals surface area contributed by atoms with E-state index in [0.29, 0.717) is 33.3 Å². The van der Waals surface area contributed by atoms with Gasteiger partial charge in [-0.05, 0) is 52.6 Å². The van der Waals surface area contributed by atoms with Gasteiger partial charge < -0.3 is 9.64 Å². The highest BCUT2D eigenvalue weighted by molar-refractivity contribution is 6.12. The molecule has 5 nitrogen and oxygen atoms in total. The van der Waals surface area contributed by atoms with E-state index in [1.807, 2.05) is 66.7 Å². The van der Waals surface area contributed by atoms with Crippen LogP contribution in [0.3, 0.4) is 0 Å². The van der Waals surface area contributed by atoms with Gasteiger partial charge in [-0.3, -0.25) is 9.78 Å². The number of nitrogens with zero attached hydrogens (tertiary/aromatic N) is 3. The Morgan fingerprint density at radius 1 is 0.744 bits per heavy atom. The molecule has 0 fully saturated rings. The molecule has 7 heteroatoms. The maximum absolute atomic E-state index is 15.3. The van der Waals surface area contributed by atoms with E-state index in [1.54, 1.807) is 41.4 Å². The lowest BCUT2D eigenvalue weighted by Crippen LogP contribution is -2.23. The number of aromatic nitrogens is 2. The number of halogens is 2. The number of amides is 1. The van der Waals surface area contributed by atoms with Crippen LogP contribution in [-0.4, -0.2) is 20.8 Å². The van der Waals surface area contributed by atoms with Crippen molar-refractivity contribution in [1.82, 2.24) is 14.9 Å². The van der Waals surface area contributed by atoms with Crippen LogP contribution in [0.1, 0.15) is 38.7 Å². The Hall–Kier alpha value is -5.43. The van der Waals surface area contributed by atoms with Gasteiger partial charge in [0.2, 0.25) is 5.95 Å². The number of hydrogen-bond donors (Lipinski definition) is 0. The molecule has 0 bridgehead atoms. The first-order valence-electron chi connectivity index (χ1n) is 13.9. The number of pyridine rings is 2. The minimum Gasteiger partial charge on any atom is -0.478 e. The summed E-state index contributed by atoms with van der Waals surface area (Å²) in [7, 11) is 0. The van der Waals surface area contributed by atoms with Crippen molar-refractivity contribution in [1.29, 1.82) is 0 Å². The quantitative estimate of drug-likeness (QED) is 0.184. The van der Waals surface area contributed by atoms with Crippen LogP contribution in [0.15, 0.2) is 122 Å². The summed E-state index contributed by atoms with van der Waals surface area (Å²) in [6.45, 7) is 0.449. The number of hydrogen-bond acceptors (Lipinski definition) is 4. The minimum absolute atomic E-state index is 0.206. The van der Waals surface area contributed by atoms with Crippen LogP contribution >= 0.6 is 0 Å². The number of carbonyl (C=O) groups excluding carboxylic acids is 1. The summed E-state index contributed by atoms with van der Waals surface area (Å²) in [5.74, 6) is -0.926. The van der Waals surface area contributed by atoms with Crippen LogP contribution in [0.25, 0.3) is 22.0 Å². The first-order valence-corrected chi connectivity index (χ1v) is 13.9. The van der Waals surface area contributed by atoms with Gasteiger partial charge in [-0.15, -0.1) is 0 Å². The van der Waals surface area contributed by atoms with Crippen LogP contribution in [0.2, 0.25) is 0 Å². The van der Waals surface area contributed by atoms with Crippen LogP contribution in [0.4, 0.5) is 8.78 Å². The zero-order chi connectivity index (χ0) is 29.3. The predicted octanol–water partition coefficient (Wildman–Crippen LogP) is 7.90. The van der Waals surface area contributed by atoms with Crippen LogP contribution in [-0.2, 0) is 13.1 Å². The van der Waals surface area contributed by atoms with Crippen molar-refractivity contribution in [3.8, 4) is 16.9 Å². The molecule has 210 valence electrons. The highest BCUT2D eigenvalue weighted by Gasteiger charge is 2.37. The Labute approximate surface area is 247 Å². The molecule has 0 saturated carbocycles. The molecule has 0 saturated heterocycles. The SMILES string of the molecule is O=C1c2c(c(-c3cccnc3F)c3cccnc3c2OC(c2ccccc2)c2ccccc2)CN1Cc1ccc(F)cc1. The zero-order valence-corrected chi connectivity index (χ0v) is 23.0. The Kier molecular flexibility index (Phi) is 6.83. The number of carbonyl (C=O) groups is 1. The van der Waals surface area contributed by atoms with E-state index in [0.717, 1.165) is 16.7 Å². The Bertz CT molecular complexity index is 1910. The lowest BCUT2D eigenvalue weighted by molar-refractivity contribution is 0.0762. The fourth-order valence-electron chi connectivity index (χ4n) is 5.77. The van der Waals surface area contributed by atoms with Crippen LogP contribution in [0, 0.1) is 11.8 Å². The molecule has 0 radical (unpaired) electrons. The first kappa shape index (κ1) is 26.5. The molecule has 0 aliphatic carbocycles. The molecule has 0 atom stereocenters. The lowest BCUT2D eigenvalue weighted by atomic mass is 9.92. The number of ether oxygens (including phenoxy) is 1. The van der Waals surface area contributed by atoms with Crippen molar-refractivity contribution < 1.29 is 18.3 Å². The molecule has 0 N–H and O–H groups in total. The molecular formula is C36H25F2N3O2. The summed E-state index contributed by atoms with van der Waals surface area (Å²) >= 11 is 0. The van der Waals surface area contributed by atoms with Gasteiger partial charge in [0.05, 0.1) is 5.56 Å². The molecule has 1 aliphatic rings. The third-order valence-electron chi connectivity index (χ3n) is 7.73. The largest absolute Gasteiger partial charge is 0.478 e. The molecule has 1 aliphatic heterocycles. The van der Waals surface area contributed by atoms with E-state index in [-0.39, 0.29) is 30.4 Å². The second kappa shape index (κ2) is 11.1. The highest BCUT2D eigenvalue weighted by atomic mass is 19.1. The van der Waals surface area contributed by atoms with Crippen molar-refractivity contribution in [3.05, 3.63) is 161 Å². The lowest BCUT2D eigenvalue weighted by Gasteiger charge is -2.23. The molecule has 4 aromatic carbocycles. The van der Waals surface area contributed by atoms with Gasteiger partial charge in [0.15, 0.2) is 5.75 Å². The van der Waals surface area contributed by atoms with Crippen molar-refractivity contribution in [2.45, 2.75) is 19.2 Å². The van der Waals surface area contributed by atoms with E-state index < -0.39 is 12.1 Å². The molecule has 0 unspecified atom stereocenters. The van der Waals surface area contributed by atoms with E-state index >= 15 is 4.39 Å². The molecule has 2 aromatic heterocycles. The second-order valence-electron chi connectivity index (χ2n) is 10.4. The van der Waals surface area contributed by atoms with E-state index in [1.165, 1.54) is 18.3 Å². The van der Waals surface area contributed by atoms with Gasteiger partial charge >= 0.3 is 0 Å². The fraction of sp³-hybridized carbons (Fsp3) is 0.0833. The fourth-order valence-corrected chi connectivity index (χ4v) is 5.77. The number of rotatable bonds is 7. The van der Waals surface area contributed by atoms with Crippen molar-refractivity contribution in [3.63, 3.8) is 0 Å². The minimum atomic E-state index is -0.639. The Morgan fingerprint density at radius 3 is 2.07 bits per heavy atom. The second-order valence-corrected chi connectivity index (χ2v) is 10.4. The molecule has 6 aromatic rings. The average Bonchev–Trinajstić information content (AvgIpc) is 3.36. The molecule has 43 heavy (non-hydrogen) atoms. The maximum Gasteiger partial charge on any atom is 0.258 e. The molecular weight excluding hydrogens is 544 g/mol. The normalized spacial score (nSPS) is 12.6. The van der Waals surface area contributed by atoms with Crippen molar-refractivity contribution in [2.24, 2.45) is 0 Å². The smallest absolute Gasteiger partial charge is 0.258 e. The summed E-state index contributed by atoms with van der Waals surface area (Å²) in [4.78, 5) is 24.5. The summed E-state index contributed by atoms with van der Waals surface area (Å²) in [6.07, 6.45) is 2.49.